The molecule has 8 nitrogen and oxygen atoms in total. The van der Waals surface area contributed by atoms with Crippen LogP contribution in [0.1, 0.15) is 35.9 Å². The first kappa shape index (κ1) is 21.8. The van der Waals surface area contributed by atoms with Crippen molar-refractivity contribution in [3.05, 3.63) is 59.7 Å². The molecule has 0 radical (unpaired) electrons. The Morgan fingerprint density at radius 3 is 2.17 bits per heavy atom. The zero-order valence-electron chi connectivity index (χ0n) is 17.0. The lowest BCUT2D eigenvalue weighted by atomic mass is 9.97. The highest BCUT2D eigenvalue weighted by molar-refractivity contribution is 7.90. The first-order valence-electron chi connectivity index (χ1n) is 9.59. The van der Waals surface area contributed by atoms with Gasteiger partial charge in [0.25, 0.3) is 5.91 Å². The molecule has 3 N–H and O–H groups in total. The number of rotatable bonds is 6. The van der Waals surface area contributed by atoms with Crippen LogP contribution >= 0.6 is 0 Å². The van der Waals surface area contributed by atoms with Crippen LogP contribution in [0.15, 0.2) is 48.5 Å². The summed E-state index contributed by atoms with van der Waals surface area (Å²) in [5.74, 6) is -0.153. The van der Waals surface area contributed by atoms with Gasteiger partial charge in [-0.3, -0.25) is 4.79 Å². The number of amides is 2. The Hall–Kier alpha value is -2.91. The zero-order valence-corrected chi connectivity index (χ0v) is 17.8. The number of sulfonamides is 1. The number of ether oxygens (including phenoxy) is 1. The second-order valence-corrected chi connectivity index (χ2v) is 9.57. The Bertz CT molecular complexity index is 1020. The van der Waals surface area contributed by atoms with E-state index in [1.807, 2.05) is 36.4 Å². The van der Waals surface area contributed by atoms with Crippen LogP contribution in [0.2, 0.25) is 0 Å². The quantitative estimate of drug-likeness (QED) is 0.649. The lowest BCUT2D eigenvalue weighted by molar-refractivity contribution is 0.0567. The largest absolute Gasteiger partial charge is 0.440 e. The molecule has 2 amide bonds. The van der Waals surface area contributed by atoms with E-state index < -0.39 is 33.5 Å². The first-order valence-corrected chi connectivity index (χ1v) is 11.1. The van der Waals surface area contributed by atoms with Gasteiger partial charge in [0, 0.05) is 19.2 Å². The molecule has 0 spiro atoms. The van der Waals surface area contributed by atoms with Crippen molar-refractivity contribution in [3.63, 3.8) is 0 Å². The van der Waals surface area contributed by atoms with Gasteiger partial charge in [0.05, 0.1) is 11.3 Å². The average molecular weight is 432 g/mol. The van der Waals surface area contributed by atoms with E-state index in [2.05, 4.69) is 15.4 Å². The molecule has 30 heavy (non-hydrogen) atoms. The van der Waals surface area contributed by atoms with E-state index in [1.54, 1.807) is 33.0 Å². The standard InChI is InChI=1S/C21H25N3O5S/c1-13(2)30(27,28)24-18-12-23-21(26)29-19(18)16-8-4-14(5-9-16)15-6-10-17(11-7-15)20(25)22-3/h4-11,13,18-19,24H,12H2,1-3H3,(H,22,25)(H,23,26). The van der Waals surface area contributed by atoms with E-state index in [4.69, 9.17) is 4.74 Å². The van der Waals surface area contributed by atoms with Gasteiger partial charge in [0.2, 0.25) is 10.0 Å². The summed E-state index contributed by atoms with van der Waals surface area (Å²) in [4.78, 5) is 23.4. The molecule has 1 heterocycles. The van der Waals surface area contributed by atoms with Crippen LogP contribution < -0.4 is 15.4 Å². The third-order valence-corrected chi connectivity index (χ3v) is 6.82. The number of hydrogen-bond acceptors (Lipinski definition) is 5. The molecule has 160 valence electrons. The van der Waals surface area contributed by atoms with Gasteiger partial charge in [0.1, 0.15) is 6.10 Å². The fourth-order valence-corrected chi connectivity index (χ4v) is 4.02. The fourth-order valence-electron chi connectivity index (χ4n) is 3.11. The van der Waals surface area contributed by atoms with Gasteiger partial charge < -0.3 is 15.4 Å². The maximum absolute atomic E-state index is 12.3. The summed E-state index contributed by atoms with van der Waals surface area (Å²) in [5, 5.41) is 4.51. The highest BCUT2D eigenvalue weighted by Gasteiger charge is 2.35. The fraction of sp³-hybridized carbons (Fsp3) is 0.333. The van der Waals surface area contributed by atoms with Crippen LogP contribution in [0.5, 0.6) is 0 Å². The molecule has 2 unspecified atom stereocenters. The number of carbonyl (C=O) groups is 2. The molecular weight excluding hydrogens is 406 g/mol. The number of cyclic esters (lactones) is 1. The van der Waals surface area contributed by atoms with Crippen molar-refractivity contribution in [2.45, 2.75) is 31.2 Å². The minimum absolute atomic E-state index is 0.137. The van der Waals surface area contributed by atoms with Gasteiger partial charge in [-0.15, -0.1) is 0 Å². The van der Waals surface area contributed by atoms with Crippen LogP contribution in [0, 0.1) is 0 Å². The molecule has 0 aliphatic carbocycles. The van der Waals surface area contributed by atoms with Crippen molar-refractivity contribution < 1.29 is 22.7 Å². The molecule has 9 heteroatoms. The summed E-state index contributed by atoms with van der Waals surface area (Å²) >= 11 is 0. The summed E-state index contributed by atoms with van der Waals surface area (Å²) in [5.41, 5.74) is 3.10. The lowest BCUT2D eigenvalue weighted by Crippen LogP contribution is -2.53. The van der Waals surface area contributed by atoms with E-state index in [1.165, 1.54) is 0 Å². The SMILES string of the molecule is CNC(=O)c1ccc(-c2ccc(C3OC(=O)NCC3NS(=O)(=O)C(C)C)cc2)cc1. The van der Waals surface area contributed by atoms with Crippen LogP contribution in [0.25, 0.3) is 11.1 Å². The molecular formula is C21H25N3O5S. The van der Waals surface area contributed by atoms with Gasteiger partial charge >= 0.3 is 6.09 Å². The van der Waals surface area contributed by atoms with Gasteiger partial charge in [-0.1, -0.05) is 36.4 Å². The second kappa shape index (κ2) is 8.85. The molecule has 0 bridgehead atoms. The molecule has 0 aromatic heterocycles. The number of alkyl carbamates (subject to hydrolysis) is 1. The molecule has 1 saturated heterocycles. The van der Waals surface area contributed by atoms with E-state index in [0.717, 1.165) is 11.1 Å². The minimum atomic E-state index is -3.53. The third kappa shape index (κ3) is 4.80. The summed E-state index contributed by atoms with van der Waals surface area (Å²) in [7, 11) is -1.95. The number of hydrogen-bond donors (Lipinski definition) is 3. The predicted octanol–water partition coefficient (Wildman–Crippen LogP) is 2.19. The average Bonchev–Trinajstić information content (AvgIpc) is 2.74. The first-order chi connectivity index (χ1) is 14.2. The van der Waals surface area contributed by atoms with Crippen molar-refractivity contribution >= 4 is 22.0 Å². The molecule has 1 aliphatic rings. The molecule has 2 aromatic rings. The maximum atomic E-state index is 12.3. The summed E-state index contributed by atoms with van der Waals surface area (Å²) in [6.07, 6.45) is -1.33. The maximum Gasteiger partial charge on any atom is 0.407 e. The second-order valence-electron chi connectivity index (χ2n) is 7.30. The van der Waals surface area contributed by atoms with Crippen molar-refractivity contribution in [1.82, 2.24) is 15.4 Å². The molecule has 1 aliphatic heterocycles. The monoisotopic (exact) mass is 431 g/mol. The molecule has 2 aromatic carbocycles. The summed E-state index contributed by atoms with van der Waals surface area (Å²) < 4.78 is 32.6. The van der Waals surface area contributed by atoms with Crippen LogP contribution in [-0.4, -0.2) is 45.3 Å². The smallest absolute Gasteiger partial charge is 0.407 e. The summed E-state index contributed by atoms with van der Waals surface area (Å²) in [6.45, 7) is 3.31. The van der Waals surface area contributed by atoms with Crippen LogP contribution in [0.4, 0.5) is 4.79 Å². The Morgan fingerprint density at radius 2 is 1.63 bits per heavy atom. The number of benzene rings is 2. The Morgan fingerprint density at radius 1 is 1.07 bits per heavy atom. The Labute approximate surface area is 176 Å². The predicted molar refractivity (Wildman–Crippen MR) is 113 cm³/mol. The number of carbonyl (C=O) groups excluding carboxylic acids is 2. The van der Waals surface area contributed by atoms with Crippen LogP contribution in [0.3, 0.4) is 0 Å². The van der Waals surface area contributed by atoms with E-state index in [9.17, 15) is 18.0 Å². The highest BCUT2D eigenvalue weighted by Crippen LogP contribution is 2.28. The van der Waals surface area contributed by atoms with Crippen molar-refractivity contribution in [2.24, 2.45) is 0 Å². The molecule has 0 saturated carbocycles. The Balaban J connectivity index is 1.82. The topological polar surface area (TPSA) is 114 Å². The van der Waals surface area contributed by atoms with Gasteiger partial charge in [-0.05, 0) is 42.7 Å². The molecule has 2 atom stereocenters. The van der Waals surface area contributed by atoms with Crippen molar-refractivity contribution in [1.29, 1.82) is 0 Å². The highest BCUT2D eigenvalue weighted by atomic mass is 32.2. The zero-order chi connectivity index (χ0) is 21.9. The lowest BCUT2D eigenvalue weighted by Gasteiger charge is -2.32. The molecule has 3 rings (SSSR count). The molecule has 1 fully saturated rings. The summed E-state index contributed by atoms with van der Waals surface area (Å²) in [6, 6.07) is 13.9. The normalized spacial score (nSPS) is 19.1. The van der Waals surface area contributed by atoms with Gasteiger partial charge in [-0.2, -0.15) is 0 Å². The van der Waals surface area contributed by atoms with Gasteiger partial charge in [0.15, 0.2) is 0 Å². The minimum Gasteiger partial charge on any atom is -0.440 e. The van der Waals surface area contributed by atoms with Crippen molar-refractivity contribution in [3.8, 4) is 11.1 Å². The number of nitrogens with one attached hydrogen (secondary N) is 3. The van der Waals surface area contributed by atoms with E-state index in [-0.39, 0.29) is 12.5 Å². The van der Waals surface area contributed by atoms with E-state index in [0.29, 0.717) is 11.1 Å². The van der Waals surface area contributed by atoms with E-state index >= 15 is 0 Å². The van der Waals surface area contributed by atoms with Gasteiger partial charge in [-0.25, -0.2) is 17.9 Å². The third-order valence-electron chi connectivity index (χ3n) is 4.95. The van der Waals surface area contributed by atoms with Crippen LogP contribution in [-0.2, 0) is 14.8 Å². The Kier molecular flexibility index (Phi) is 6.42. The van der Waals surface area contributed by atoms with Crippen molar-refractivity contribution in [2.75, 3.05) is 13.6 Å².